The van der Waals surface area contributed by atoms with Gasteiger partial charge in [0.15, 0.2) is 9.84 Å². The van der Waals surface area contributed by atoms with Crippen LogP contribution in [0.2, 0.25) is 5.02 Å². The molecule has 29 heavy (non-hydrogen) atoms. The van der Waals surface area contributed by atoms with E-state index in [4.69, 9.17) is 11.6 Å². The van der Waals surface area contributed by atoms with Crippen molar-refractivity contribution in [3.8, 4) is 0 Å². The Morgan fingerprint density at radius 3 is 2.31 bits per heavy atom. The maximum atomic E-state index is 12.1. The maximum absolute atomic E-state index is 12.1. The van der Waals surface area contributed by atoms with Crippen LogP contribution in [-0.4, -0.2) is 43.5 Å². The molecule has 0 saturated heterocycles. The summed E-state index contributed by atoms with van der Waals surface area (Å²) in [6.07, 6.45) is 0.942. The van der Waals surface area contributed by atoms with Gasteiger partial charge in [-0.2, -0.15) is 0 Å². The molecule has 0 bridgehead atoms. The fourth-order valence-corrected chi connectivity index (χ4v) is 3.21. The lowest BCUT2D eigenvalue weighted by Crippen LogP contribution is -2.29. The molecule has 2 rings (SSSR count). The van der Waals surface area contributed by atoms with Crippen LogP contribution in [0.15, 0.2) is 41.3 Å². The number of carbonyl (C=O) groups excluding carboxylic acids is 1. The van der Waals surface area contributed by atoms with Crippen molar-refractivity contribution < 1.29 is 23.1 Å². The van der Waals surface area contributed by atoms with Crippen molar-refractivity contribution in [1.29, 1.82) is 0 Å². The number of benzene rings is 2. The van der Waals surface area contributed by atoms with E-state index in [9.17, 15) is 33.4 Å². The number of nitro benzene ring substituents is 2. The van der Waals surface area contributed by atoms with Crippen LogP contribution in [0, 0.1) is 20.2 Å². The van der Waals surface area contributed by atoms with E-state index >= 15 is 0 Å². The van der Waals surface area contributed by atoms with Crippen LogP contribution in [-0.2, 0) is 9.84 Å². The average Bonchev–Trinajstić information content (AvgIpc) is 2.63. The lowest BCUT2D eigenvalue weighted by atomic mass is 10.2. The zero-order valence-electron chi connectivity index (χ0n) is 14.9. The Kier molecular flexibility index (Phi) is 6.72. The zero-order valence-corrected chi connectivity index (χ0v) is 16.5. The molecule has 154 valence electrons. The minimum atomic E-state index is -3.60. The summed E-state index contributed by atoms with van der Waals surface area (Å²) < 4.78 is 23.1. The Balaban J connectivity index is 2.01. The van der Waals surface area contributed by atoms with Gasteiger partial charge in [0.2, 0.25) is 0 Å². The Morgan fingerprint density at radius 1 is 1.07 bits per heavy atom. The first kappa shape index (κ1) is 22.0. The summed E-state index contributed by atoms with van der Waals surface area (Å²) in [4.78, 5) is 32.4. The van der Waals surface area contributed by atoms with E-state index in [2.05, 4.69) is 10.6 Å². The molecule has 0 spiro atoms. The molecular weight excluding hydrogens is 428 g/mol. The van der Waals surface area contributed by atoms with E-state index in [-0.39, 0.29) is 39.9 Å². The van der Waals surface area contributed by atoms with Gasteiger partial charge in [0.25, 0.3) is 17.3 Å². The summed E-state index contributed by atoms with van der Waals surface area (Å²) in [7, 11) is -3.60. The molecule has 0 saturated carbocycles. The molecule has 0 aliphatic heterocycles. The van der Waals surface area contributed by atoms with Crippen molar-refractivity contribution in [2.24, 2.45) is 0 Å². The van der Waals surface area contributed by atoms with Crippen molar-refractivity contribution in [3.63, 3.8) is 0 Å². The van der Waals surface area contributed by atoms with Crippen LogP contribution in [0.1, 0.15) is 10.4 Å². The van der Waals surface area contributed by atoms with Gasteiger partial charge in [0.1, 0.15) is 5.69 Å². The minimum Gasteiger partial charge on any atom is -0.378 e. The second-order valence-corrected chi connectivity index (χ2v) is 8.24. The van der Waals surface area contributed by atoms with Crippen LogP contribution in [0.5, 0.6) is 0 Å². The Labute approximate surface area is 169 Å². The second-order valence-electron chi connectivity index (χ2n) is 5.81. The van der Waals surface area contributed by atoms with E-state index in [0.29, 0.717) is 0 Å². The summed E-state index contributed by atoms with van der Waals surface area (Å²) in [5.74, 6) is -0.575. The van der Waals surface area contributed by atoms with Gasteiger partial charge in [-0.05, 0) is 18.2 Å². The number of nitrogens with zero attached hydrogens (tertiary/aromatic N) is 2. The fourth-order valence-electron chi connectivity index (χ4n) is 2.31. The van der Waals surface area contributed by atoms with E-state index in [1.807, 2.05) is 0 Å². The molecule has 11 nitrogen and oxygen atoms in total. The molecule has 1 amide bonds. The summed E-state index contributed by atoms with van der Waals surface area (Å²) in [6.45, 7) is 0.145. The monoisotopic (exact) mass is 442 g/mol. The number of amides is 1. The van der Waals surface area contributed by atoms with Crippen LogP contribution >= 0.6 is 11.6 Å². The molecule has 0 heterocycles. The molecule has 0 fully saturated rings. The normalized spacial score (nSPS) is 11.0. The number of nitrogens with one attached hydrogen (secondary N) is 2. The predicted molar refractivity (Wildman–Crippen MR) is 105 cm³/mol. The second kappa shape index (κ2) is 8.84. The molecule has 13 heteroatoms. The van der Waals surface area contributed by atoms with Gasteiger partial charge in [0.05, 0.1) is 25.3 Å². The average molecular weight is 443 g/mol. The lowest BCUT2D eigenvalue weighted by molar-refractivity contribution is -0.384. The summed E-state index contributed by atoms with van der Waals surface area (Å²) >= 11 is 5.88. The van der Waals surface area contributed by atoms with Crippen molar-refractivity contribution >= 4 is 44.4 Å². The maximum Gasteiger partial charge on any atom is 0.293 e. The van der Waals surface area contributed by atoms with Crippen molar-refractivity contribution in [2.45, 2.75) is 4.90 Å². The number of non-ortho nitro benzene ring substituents is 1. The number of anilines is 1. The molecule has 0 atom stereocenters. The Morgan fingerprint density at radius 2 is 1.76 bits per heavy atom. The van der Waals surface area contributed by atoms with Gasteiger partial charge in [-0.25, -0.2) is 8.42 Å². The zero-order chi connectivity index (χ0) is 21.8. The van der Waals surface area contributed by atoms with Gasteiger partial charge in [-0.1, -0.05) is 11.6 Å². The molecule has 2 N–H and O–H groups in total. The third-order valence-electron chi connectivity index (χ3n) is 3.73. The van der Waals surface area contributed by atoms with Crippen molar-refractivity contribution in [1.82, 2.24) is 5.32 Å². The molecule has 2 aromatic rings. The largest absolute Gasteiger partial charge is 0.378 e. The molecule has 0 unspecified atom stereocenters. The van der Waals surface area contributed by atoms with E-state index < -0.39 is 31.3 Å². The summed E-state index contributed by atoms with van der Waals surface area (Å²) in [6, 6.07) is 6.88. The lowest BCUT2D eigenvalue weighted by Gasteiger charge is -2.10. The highest BCUT2D eigenvalue weighted by molar-refractivity contribution is 7.90. The number of nitro groups is 2. The van der Waals surface area contributed by atoms with E-state index in [0.717, 1.165) is 24.5 Å². The van der Waals surface area contributed by atoms with Gasteiger partial charge >= 0.3 is 0 Å². The molecule has 2 aromatic carbocycles. The highest BCUT2D eigenvalue weighted by atomic mass is 35.5. The molecule has 0 aliphatic carbocycles. The van der Waals surface area contributed by atoms with Crippen LogP contribution in [0.4, 0.5) is 17.1 Å². The van der Waals surface area contributed by atoms with Crippen LogP contribution in [0.3, 0.4) is 0 Å². The number of halogens is 1. The first-order chi connectivity index (χ1) is 13.5. The van der Waals surface area contributed by atoms with Gasteiger partial charge in [-0.15, -0.1) is 0 Å². The number of hydrogen-bond donors (Lipinski definition) is 2. The number of rotatable bonds is 8. The third kappa shape index (κ3) is 5.62. The molecule has 0 radical (unpaired) electrons. The fraction of sp³-hybridized carbons (Fsp3) is 0.188. The van der Waals surface area contributed by atoms with Crippen molar-refractivity contribution in [2.75, 3.05) is 24.7 Å². The quantitative estimate of drug-likeness (QED) is 0.357. The number of carbonyl (C=O) groups is 1. The van der Waals surface area contributed by atoms with Crippen LogP contribution in [0.25, 0.3) is 0 Å². The SMILES string of the molecule is CS(=O)(=O)c1ccc(NCCNC(=O)c2ccc([N+](=O)[O-])cc2Cl)c([N+](=O)[O-])c1. The molecular formula is C16H15ClN4O7S. The molecule has 0 aliphatic rings. The highest BCUT2D eigenvalue weighted by Gasteiger charge is 2.19. The highest BCUT2D eigenvalue weighted by Crippen LogP contribution is 2.27. The smallest absolute Gasteiger partial charge is 0.293 e. The van der Waals surface area contributed by atoms with Crippen molar-refractivity contribution in [3.05, 3.63) is 67.2 Å². The molecule has 0 aromatic heterocycles. The summed E-state index contributed by atoms with van der Waals surface area (Å²) in [5.41, 5.74) is -0.540. The van der Waals surface area contributed by atoms with Gasteiger partial charge in [0, 0.05) is 37.5 Å². The number of sulfone groups is 1. The van der Waals surface area contributed by atoms with Crippen LogP contribution < -0.4 is 10.6 Å². The van der Waals surface area contributed by atoms with E-state index in [1.165, 1.54) is 18.2 Å². The first-order valence-corrected chi connectivity index (χ1v) is 10.2. The number of hydrogen-bond acceptors (Lipinski definition) is 8. The van der Waals surface area contributed by atoms with Gasteiger partial charge < -0.3 is 10.6 Å². The minimum absolute atomic E-state index is 0.0424. The topological polar surface area (TPSA) is 162 Å². The summed E-state index contributed by atoms with van der Waals surface area (Å²) in [5, 5.41) is 27.0. The Hall–Kier alpha value is -3.25. The third-order valence-corrected chi connectivity index (χ3v) is 5.15. The standard InChI is InChI=1S/C16H15ClN4O7S/c1-29(27,28)11-3-5-14(15(9-11)21(25)26)18-6-7-19-16(22)12-4-2-10(20(23)24)8-13(12)17/h2-5,8-9,18H,6-7H2,1H3,(H,19,22). The first-order valence-electron chi connectivity index (χ1n) is 7.95. The van der Waals surface area contributed by atoms with E-state index in [1.54, 1.807) is 0 Å². The Bertz CT molecular complexity index is 1090. The van der Waals surface area contributed by atoms with Gasteiger partial charge in [-0.3, -0.25) is 25.0 Å². The predicted octanol–water partition coefficient (Wildman–Crippen LogP) is 2.40.